The van der Waals surface area contributed by atoms with Gasteiger partial charge in [0.15, 0.2) is 0 Å². The highest BCUT2D eigenvalue weighted by molar-refractivity contribution is 7.80. The highest BCUT2D eigenvalue weighted by Crippen LogP contribution is 2.29. The molecule has 0 aliphatic heterocycles. The summed E-state index contributed by atoms with van der Waals surface area (Å²) in [6, 6.07) is 4.02. The summed E-state index contributed by atoms with van der Waals surface area (Å²) >= 11 is 4.85. The topological polar surface area (TPSA) is 29.3 Å². The lowest BCUT2D eigenvalue weighted by Crippen LogP contribution is -2.29. The number of hydrogen-bond acceptors (Lipinski definition) is 2. The third-order valence-corrected chi connectivity index (χ3v) is 3.29. The molecule has 1 aliphatic rings. The van der Waals surface area contributed by atoms with Crippen LogP contribution in [0.25, 0.3) is 0 Å². The van der Waals surface area contributed by atoms with Crippen molar-refractivity contribution in [1.82, 2.24) is 4.90 Å². The Bertz CT molecular complexity index is 447. The minimum absolute atomic E-state index is 0.364. The third kappa shape index (κ3) is 3.71. The molecule has 1 saturated carbocycles. The second kappa shape index (κ2) is 5.71. The molecule has 1 aliphatic carbocycles. The van der Waals surface area contributed by atoms with Crippen LogP contribution in [0.3, 0.4) is 0 Å². The smallest absolute Gasteiger partial charge is 0.127 e. The summed E-state index contributed by atoms with van der Waals surface area (Å²) < 4.78 is 26.7. The van der Waals surface area contributed by atoms with Crippen molar-refractivity contribution in [2.24, 2.45) is 5.73 Å². The SMILES string of the molecule is NC(=S)CCN(Cc1cc(F)ccc1F)C1CC1. The number of benzene rings is 1. The van der Waals surface area contributed by atoms with E-state index >= 15 is 0 Å². The van der Waals surface area contributed by atoms with Gasteiger partial charge in [-0.05, 0) is 31.0 Å². The van der Waals surface area contributed by atoms with Crippen LogP contribution in [-0.4, -0.2) is 22.5 Å². The van der Waals surface area contributed by atoms with Crippen molar-refractivity contribution in [3.8, 4) is 0 Å². The van der Waals surface area contributed by atoms with Gasteiger partial charge in [0.05, 0.1) is 4.99 Å². The van der Waals surface area contributed by atoms with Gasteiger partial charge in [-0.25, -0.2) is 8.78 Å². The van der Waals surface area contributed by atoms with Crippen molar-refractivity contribution in [1.29, 1.82) is 0 Å². The minimum atomic E-state index is -0.406. The Morgan fingerprint density at radius 3 is 2.72 bits per heavy atom. The van der Waals surface area contributed by atoms with E-state index in [4.69, 9.17) is 18.0 Å². The molecule has 1 fully saturated rings. The first-order valence-corrected chi connectivity index (χ1v) is 6.43. The number of nitrogens with zero attached hydrogens (tertiary/aromatic N) is 1. The standard InChI is InChI=1S/C13H16F2N2S/c14-10-1-4-12(15)9(7-10)8-17(11-2-3-11)6-5-13(16)18/h1,4,7,11H,2-3,5-6,8H2,(H2,16,18). The van der Waals surface area contributed by atoms with Crippen molar-refractivity contribution in [2.75, 3.05) is 6.54 Å². The molecule has 0 amide bonds. The van der Waals surface area contributed by atoms with Gasteiger partial charge in [0.2, 0.25) is 0 Å². The van der Waals surface area contributed by atoms with Gasteiger partial charge in [-0.2, -0.15) is 0 Å². The number of thiocarbonyl (C=S) groups is 1. The molecule has 18 heavy (non-hydrogen) atoms. The van der Waals surface area contributed by atoms with Gasteiger partial charge < -0.3 is 5.73 Å². The van der Waals surface area contributed by atoms with Crippen LogP contribution in [0.15, 0.2) is 18.2 Å². The Balaban J connectivity index is 2.03. The lowest BCUT2D eigenvalue weighted by molar-refractivity contribution is 0.258. The first-order chi connectivity index (χ1) is 8.56. The fourth-order valence-electron chi connectivity index (χ4n) is 1.97. The summed E-state index contributed by atoms with van der Waals surface area (Å²) in [5.74, 6) is -0.770. The Hall–Kier alpha value is -1.07. The molecule has 1 aromatic rings. The van der Waals surface area contributed by atoms with Gasteiger partial charge in [-0.15, -0.1) is 0 Å². The zero-order chi connectivity index (χ0) is 13.1. The lowest BCUT2D eigenvalue weighted by atomic mass is 10.2. The maximum absolute atomic E-state index is 13.6. The van der Waals surface area contributed by atoms with E-state index in [1.54, 1.807) is 0 Å². The van der Waals surface area contributed by atoms with Crippen LogP contribution in [0.1, 0.15) is 24.8 Å². The first kappa shape index (κ1) is 13.4. The summed E-state index contributed by atoms with van der Waals surface area (Å²) in [6.45, 7) is 1.12. The molecule has 0 radical (unpaired) electrons. The molecule has 1 aromatic carbocycles. The Labute approximate surface area is 111 Å². The molecule has 5 heteroatoms. The molecule has 0 bridgehead atoms. The molecule has 98 valence electrons. The summed E-state index contributed by atoms with van der Waals surface area (Å²) in [6.07, 6.45) is 2.82. The van der Waals surface area contributed by atoms with Crippen molar-refractivity contribution in [3.63, 3.8) is 0 Å². The van der Waals surface area contributed by atoms with E-state index in [1.807, 2.05) is 0 Å². The van der Waals surface area contributed by atoms with Gasteiger partial charge in [-0.1, -0.05) is 12.2 Å². The average Bonchev–Trinajstić information content (AvgIpc) is 3.12. The van der Waals surface area contributed by atoms with Crippen molar-refractivity contribution in [2.45, 2.75) is 31.8 Å². The second-order valence-corrected chi connectivity index (χ2v) is 5.18. The van der Waals surface area contributed by atoms with E-state index in [0.717, 1.165) is 18.9 Å². The van der Waals surface area contributed by atoms with E-state index in [1.165, 1.54) is 12.1 Å². The maximum Gasteiger partial charge on any atom is 0.127 e. The molecule has 0 heterocycles. The molecular weight excluding hydrogens is 254 g/mol. The van der Waals surface area contributed by atoms with E-state index in [2.05, 4.69) is 4.90 Å². The third-order valence-electron chi connectivity index (χ3n) is 3.09. The average molecular weight is 270 g/mol. The van der Waals surface area contributed by atoms with Crippen LogP contribution in [0.4, 0.5) is 8.78 Å². The minimum Gasteiger partial charge on any atom is -0.393 e. The van der Waals surface area contributed by atoms with E-state index in [0.29, 0.717) is 36.1 Å². The van der Waals surface area contributed by atoms with Gasteiger partial charge >= 0.3 is 0 Å². The zero-order valence-electron chi connectivity index (χ0n) is 10.0. The molecule has 0 aromatic heterocycles. The monoisotopic (exact) mass is 270 g/mol. The number of nitrogens with two attached hydrogens (primary N) is 1. The van der Waals surface area contributed by atoms with Crippen LogP contribution in [0, 0.1) is 11.6 Å². The molecular formula is C13H16F2N2S. The summed E-state index contributed by atoms with van der Waals surface area (Å²) in [5, 5.41) is 0. The molecule has 0 unspecified atom stereocenters. The predicted octanol–water partition coefficient (Wildman–Crippen LogP) is 2.61. The fraction of sp³-hybridized carbons (Fsp3) is 0.462. The number of rotatable bonds is 6. The molecule has 0 spiro atoms. The molecule has 0 saturated heterocycles. The fourth-order valence-corrected chi connectivity index (χ4v) is 2.06. The maximum atomic E-state index is 13.6. The van der Waals surface area contributed by atoms with Crippen molar-refractivity contribution >= 4 is 17.2 Å². The van der Waals surface area contributed by atoms with Crippen molar-refractivity contribution < 1.29 is 8.78 Å². The van der Waals surface area contributed by atoms with E-state index in [9.17, 15) is 8.78 Å². The Morgan fingerprint density at radius 1 is 1.39 bits per heavy atom. The molecule has 0 atom stereocenters. The quantitative estimate of drug-likeness (QED) is 0.806. The molecule has 2 nitrogen and oxygen atoms in total. The first-order valence-electron chi connectivity index (χ1n) is 6.02. The number of hydrogen-bond donors (Lipinski definition) is 1. The predicted molar refractivity (Wildman–Crippen MR) is 71.2 cm³/mol. The lowest BCUT2D eigenvalue weighted by Gasteiger charge is -2.22. The van der Waals surface area contributed by atoms with Crippen molar-refractivity contribution in [3.05, 3.63) is 35.4 Å². The van der Waals surface area contributed by atoms with Gasteiger partial charge in [-0.3, -0.25) is 4.90 Å². The van der Waals surface area contributed by atoms with Crippen LogP contribution < -0.4 is 5.73 Å². The largest absolute Gasteiger partial charge is 0.393 e. The van der Waals surface area contributed by atoms with E-state index in [-0.39, 0.29) is 5.82 Å². The van der Waals surface area contributed by atoms with Crippen LogP contribution in [0.2, 0.25) is 0 Å². The summed E-state index contributed by atoms with van der Waals surface area (Å²) in [5.41, 5.74) is 5.87. The van der Waals surface area contributed by atoms with Gasteiger partial charge in [0.1, 0.15) is 11.6 Å². The van der Waals surface area contributed by atoms with Gasteiger partial charge in [0, 0.05) is 31.1 Å². The normalized spacial score (nSPS) is 15.1. The summed E-state index contributed by atoms with van der Waals surface area (Å²) in [4.78, 5) is 2.58. The second-order valence-electron chi connectivity index (χ2n) is 4.65. The van der Waals surface area contributed by atoms with Crippen LogP contribution in [-0.2, 0) is 6.54 Å². The Kier molecular flexibility index (Phi) is 4.24. The molecule has 2 N–H and O–H groups in total. The van der Waals surface area contributed by atoms with Gasteiger partial charge in [0.25, 0.3) is 0 Å². The number of halogens is 2. The molecule has 2 rings (SSSR count). The highest BCUT2D eigenvalue weighted by atomic mass is 32.1. The van der Waals surface area contributed by atoms with Crippen LogP contribution >= 0.6 is 12.2 Å². The highest BCUT2D eigenvalue weighted by Gasteiger charge is 2.29. The zero-order valence-corrected chi connectivity index (χ0v) is 10.9. The summed E-state index contributed by atoms with van der Waals surface area (Å²) in [7, 11) is 0. The van der Waals surface area contributed by atoms with E-state index < -0.39 is 5.82 Å². The van der Waals surface area contributed by atoms with Crippen LogP contribution in [0.5, 0.6) is 0 Å². The Morgan fingerprint density at radius 2 is 2.11 bits per heavy atom.